The highest BCUT2D eigenvalue weighted by Gasteiger charge is 2.35. The lowest BCUT2D eigenvalue weighted by atomic mass is 10.0. The van der Waals surface area contributed by atoms with Crippen molar-refractivity contribution in [1.29, 1.82) is 0 Å². The van der Waals surface area contributed by atoms with E-state index in [9.17, 15) is 4.79 Å². The summed E-state index contributed by atoms with van der Waals surface area (Å²) in [6.07, 6.45) is 2.24. The fraction of sp³-hybridized carbons (Fsp3) is 0.588. The van der Waals surface area contributed by atoms with Gasteiger partial charge < -0.3 is 14.2 Å². The molecule has 24 heavy (non-hydrogen) atoms. The van der Waals surface area contributed by atoms with Gasteiger partial charge in [0.15, 0.2) is 5.69 Å². The minimum atomic E-state index is -0.138. The molecule has 3 heterocycles. The standard InChI is InChI=1S/C17H22N4O3/c1-10-16(11(2)20(3)18-10)14-9-23-7-6-21(14)17(22)13-8-15(24-19-13)12-4-5-12/h8,12,14H,4-7,9H2,1-3H3. The van der Waals surface area contributed by atoms with Crippen LogP contribution in [0.1, 0.15) is 58.0 Å². The Bertz CT molecular complexity index is 775. The van der Waals surface area contributed by atoms with Crippen molar-refractivity contribution in [3.8, 4) is 0 Å². The van der Waals surface area contributed by atoms with Crippen molar-refractivity contribution in [2.75, 3.05) is 19.8 Å². The van der Waals surface area contributed by atoms with E-state index < -0.39 is 0 Å². The molecule has 2 aliphatic rings. The van der Waals surface area contributed by atoms with Crippen molar-refractivity contribution in [2.45, 2.75) is 38.6 Å². The van der Waals surface area contributed by atoms with Gasteiger partial charge in [-0.25, -0.2) is 0 Å². The second-order valence-electron chi connectivity index (χ2n) is 6.69. The molecule has 1 saturated carbocycles. The lowest BCUT2D eigenvalue weighted by Crippen LogP contribution is -2.44. The average molecular weight is 330 g/mol. The summed E-state index contributed by atoms with van der Waals surface area (Å²) < 4.78 is 12.8. The number of aryl methyl sites for hydroxylation is 2. The number of amides is 1. The van der Waals surface area contributed by atoms with Gasteiger partial charge in [0, 0.05) is 36.8 Å². The first kappa shape index (κ1) is 15.4. The van der Waals surface area contributed by atoms with E-state index in [4.69, 9.17) is 9.26 Å². The zero-order valence-corrected chi connectivity index (χ0v) is 14.3. The number of nitrogens with zero attached hydrogens (tertiary/aromatic N) is 4. The first-order valence-corrected chi connectivity index (χ1v) is 8.41. The van der Waals surface area contributed by atoms with Gasteiger partial charge in [-0.2, -0.15) is 5.10 Å². The van der Waals surface area contributed by atoms with Crippen LogP contribution in [-0.2, 0) is 11.8 Å². The molecule has 0 aromatic carbocycles. The molecule has 2 aromatic rings. The molecule has 7 heteroatoms. The van der Waals surface area contributed by atoms with Crippen molar-refractivity contribution in [3.63, 3.8) is 0 Å². The number of hydrogen-bond acceptors (Lipinski definition) is 5. The second-order valence-corrected chi connectivity index (χ2v) is 6.69. The van der Waals surface area contributed by atoms with Crippen LogP contribution >= 0.6 is 0 Å². The summed E-state index contributed by atoms with van der Waals surface area (Å²) in [6.45, 7) is 5.55. The van der Waals surface area contributed by atoms with E-state index in [1.54, 1.807) is 6.07 Å². The van der Waals surface area contributed by atoms with Crippen LogP contribution in [0.4, 0.5) is 0 Å². The molecule has 2 fully saturated rings. The predicted molar refractivity (Wildman–Crippen MR) is 85.8 cm³/mol. The lowest BCUT2D eigenvalue weighted by Gasteiger charge is -2.35. The monoisotopic (exact) mass is 330 g/mol. The SMILES string of the molecule is Cc1nn(C)c(C)c1C1COCCN1C(=O)c1cc(C2CC2)on1. The highest BCUT2D eigenvalue weighted by Crippen LogP contribution is 2.40. The van der Waals surface area contributed by atoms with Gasteiger partial charge in [-0.3, -0.25) is 9.48 Å². The fourth-order valence-electron chi connectivity index (χ4n) is 3.46. The number of aromatic nitrogens is 3. The summed E-state index contributed by atoms with van der Waals surface area (Å²) in [4.78, 5) is 14.8. The van der Waals surface area contributed by atoms with E-state index in [2.05, 4.69) is 10.3 Å². The van der Waals surface area contributed by atoms with Crippen LogP contribution < -0.4 is 0 Å². The molecule has 7 nitrogen and oxygen atoms in total. The fourth-order valence-corrected chi connectivity index (χ4v) is 3.46. The van der Waals surface area contributed by atoms with Gasteiger partial charge in [0.1, 0.15) is 5.76 Å². The van der Waals surface area contributed by atoms with E-state index in [1.807, 2.05) is 30.5 Å². The summed E-state index contributed by atoms with van der Waals surface area (Å²) in [5.74, 6) is 1.18. The Morgan fingerprint density at radius 3 is 2.79 bits per heavy atom. The van der Waals surface area contributed by atoms with E-state index in [0.717, 1.165) is 35.6 Å². The van der Waals surface area contributed by atoms with Crippen LogP contribution in [0.25, 0.3) is 0 Å². The molecule has 128 valence electrons. The Kier molecular flexibility index (Phi) is 3.68. The van der Waals surface area contributed by atoms with Crippen molar-refractivity contribution in [3.05, 3.63) is 34.5 Å². The summed E-state index contributed by atoms with van der Waals surface area (Å²) in [5, 5.41) is 8.48. The van der Waals surface area contributed by atoms with Crippen molar-refractivity contribution < 1.29 is 14.1 Å². The highest BCUT2D eigenvalue weighted by atomic mass is 16.5. The molecule has 0 bridgehead atoms. The van der Waals surface area contributed by atoms with E-state index in [0.29, 0.717) is 31.4 Å². The van der Waals surface area contributed by atoms with Gasteiger partial charge in [-0.15, -0.1) is 0 Å². The van der Waals surface area contributed by atoms with Crippen LogP contribution in [0.3, 0.4) is 0 Å². The molecule has 1 amide bonds. The molecule has 1 aliphatic carbocycles. The average Bonchev–Trinajstić information content (AvgIpc) is 3.25. The van der Waals surface area contributed by atoms with E-state index >= 15 is 0 Å². The van der Waals surface area contributed by atoms with Crippen LogP contribution in [0.15, 0.2) is 10.6 Å². The zero-order chi connectivity index (χ0) is 16.8. The zero-order valence-electron chi connectivity index (χ0n) is 14.3. The van der Waals surface area contributed by atoms with Gasteiger partial charge >= 0.3 is 0 Å². The van der Waals surface area contributed by atoms with Crippen molar-refractivity contribution in [1.82, 2.24) is 19.8 Å². The number of carbonyl (C=O) groups excluding carboxylic acids is 1. The van der Waals surface area contributed by atoms with Crippen LogP contribution in [0.2, 0.25) is 0 Å². The quantitative estimate of drug-likeness (QED) is 0.862. The summed E-state index contributed by atoms with van der Waals surface area (Å²) in [6, 6.07) is 1.66. The van der Waals surface area contributed by atoms with Gasteiger partial charge in [-0.1, -0.05) is 5.16 Å². The van der Waals surface area contributed by atoms with Crippen molar-refractivity contribution in [2.24, 2.45) is 7.05 Å². The molecule has 0 N–H and O–H groups in total. The summed E-state index contributed by atoms with van der Waals surface area (Å²) in [5.41, 5.74) is 3.45. The Labute approximate surface area is 140 Å². The molecule has 4 rings (SSSR count). The maximum atomic E-state index is 13.0. The molecule has 0 radical (unpaired) electrons. The molecule has 1 saturated heterocycles. The Hall–Kier alpha value is -2.15. The van der Waals surface area contributed by atoms with Gasteiger partial charge in [-0.05, 0) is 26.7 Å². The minimum Gasteiger partial charge on any atom is -0.377 e. The Morgan fingerprint density at radius 1 is 1.33 bits per heavy atom. The number of morpholine rings is 1. The summed E-state index contributed by atoms with van der Waals surface area (Å²) in [7, 11) is 1.92. The van der Waals surface area contributed by atoms with Crippen LogP contribution in [0, 0.1) is 13.8 Å². The maximum absolute atomic E-state index is 13.0. The smallest absolute Gasteiger partial charge is 0.276 e. The first-order chi connectivity index (χ1) is 11.6. The third-order valence-corrected chi connectivity index (χ3v) is 5.01. The second kappa shape index (κ2) is 5.73. The molecule has 2 aromatic heterocycles. The molecular weight excluding hydrogens is 308 g/mol. The predicted octanol–water partition coefficient (Wildman–Crippen LogP) is 2.12. The van der Waals surface area contributed by atoms with Crippen LogP contribution in [0.5, 0.6) is 0 Å². The highest BCUT2D eigenvalue weighted by molar-refractivity contribution is 5.92. The summed E-state index contributed by atoms with van der Waals surface area (Å²) >= 11 is 0. The van der Waals surface area contributed by atoms with Crippen molar-refractivity contribution >= 4 is 5.91 Å². The first-order valence-electron chi connectivity index (χ1n) is 8.41. The number of carbonyl (C=O) groups is 1. The van der Waals surface area contributed by atoms with E-state index in [1.165, 1.54) is 0 Å². The molecule has 1 atom stereocenters. The number of rotatable bonds is 3. The van der Waals surface area contributed by atoms with Gasteiger partial charge in [0.05, 0.1) is 24.9 Å². The van der Waals surface area contributed by atoms with Gasteiger partial charge in [0.25, 0.3) is 5.91 Å². The molecule has 0 spiro atoms. The molecule has 1 unspecified atom stereocenters. The number of ether oxygens (including phenoxy) is 1. The van der Waals surface area contributed by atoms with Crippen LogP contribution in [-0.4, -0.2) is 45.5 Å². The third kappa shape index (κ3) is 2.53. The largest absolute Gasteiger partial charge is 0.377 e. The van der Waals surface area contributed by atoms with E-state index in [-0.39, 0.29) is 11.9 Å². The topological polar surface area (TPSA) is 73.4 Å². The molecular formula is C17H22N4O3. The van der Waals surface area contributed by atoms with Gasteiger partial charge in [0.2, 0.25) is 0 Å². The normalized spacial score (nSPS) is 21.3. The lowest BCUT2D eigenvalue weighted by molar-refractivity contribution is -0.00355. The minimum absolute atomic E-state index is 0.0957. The maximum Gasteiger partial charge on any atom is 0.276 e. The Morgan fingerprint density at radius 2 is 2.12 bits per heavy atom. The molecule has 1 aliphatic heterocycles. The Balaban J connectivity index is 1.64. The third-order valence-electron chi connectivity index (χ3n) is 5.01. The number of hydrogen-bond donors (Lipinski definition) is 0.